The van der Waals surface area contributed by atoms with E-state index < -0.39 is 0 Å². The molecular formula is C18H18ClNO4. The van der Waals surface area contributed by atoms with Crippen LogP contribution in [0.15, 0.2) is 42.5 Å². The van der Waals surface area contributed by atoms with Gasteiger partial charge in [0.2, 0.25) is 0 Å². The molecule has 1 amide bonds. The lowest BCUT2D eigenvalue weighted by Gasteiger charge is -2.21. The highest BCUT2D eigenvalue weighted by Gasteiger charge is 2.15. The Hall–Kier alpha value is -2.40. The number of benzene rings is 2. The van der Waals surface area contributed by atoms with Gasteiger partial charge in [0.15, 0.2) is 18.1 Å². The minimum absolute atomic E-state index is 0.0647. The molecule has 0 radical (unpaired) electrons. The van der Waals surface area contributed by atoms with E-state index in [9.17, 15) is 4.79 Å². The van der Waals surface area contributed by atoms with E-state index in [4.69, 9.17) is 25.8 Å². The summed E-state index contributed by atoms with van der Waals surface area (Å²) in [5, 5.41) is 0.486. The van der Waals surface area contributed by atoms with Gasteiger partial charge in [-0.3, -0.25) is 4.79 Å². The van der Waals surface area contributed by atoms with Gasteiger partial charge in [-0.1, -0.05) is 29.8 Å². The van der Waals surface area contributed by atoms with Crippen LogP contribution in [-0.4, -0.2) is 37.7 Å². The van der Waals surface area contributed by atoms with E-state index in [0.29, 0.717) is 36.3 Å². The van der Waals surface area contributed by atoms with Gasteiger partial charge in [-0.15, -0.1) is 0 Å². The second-order valence-electron chi connectivity index (χ2n) is 5.45. The first-order valence-corrected chi connectivity index (χ1v) is 8.01. The Balaban J connectivity index is 1.57. The van der Waals surface area contributed by atoms with Crippen molar-refractivity contribution in [1.82, 2.24) is 4.90 Å². The number of carbonyl (C=O) groups excluding carboxylic acids is 1. The van der Waals surface area contributed by atoms with Crippen LogP contribution < -0.4 is 14.2 Å². The third kappa shape index (κ3) is 3.92. The second-order valence-corrected chi connectivity index (χ2v) is 5.85. The summed E-state index contributed by atoms with van der Waals surface area (Å²) in [4.78, 5) is 13.8. The van der Waals surface area contributed by atoms with Crippen molar-refractivity contribution in [1.29, 1.82) is 0 Å². The number of amides is 1. The number of para-hydroxylation sites is 1. The van der Waals surface area contributed by atoms with Crippen molar-refractivity contribution in [3.63, 3.8) is 0 Å². The minimum Gasteiger partial charge on any atom is -0.486 e. The summed E-state index contributed by atoms with van der Waals surface area (Å²) in [6, 6.07) is 12.8. The van der Waals surface area contributed by atoms with Gasteiger partial charge in [0, 0.05) is 13.6 Å². The molecule has 1 aliphatic heterocycles. The molecule has 1 aliphatic rings. The molecule has 0 unspecified atom stereocenters. The molecule has 0 bridgehead atoms. The van der Waals surface area contributed by atoms with Gasteiger partial charge in [0.25, 0.3) is 5.91 Å². The molecule has 6 heteroatoms. The van der Waals surface area contributed by atoms with Crippen LogP contribution in [0.4, 0.5) is 0 Å². The highest BCUT2D eigenvalue weighted by atomic mass is 35.5. The molecule has 0 spiro atoms. The predicted octanol–water partition coefficient (Wildman–Crippen LogP) is 3.15. The number of halogens is 1. The Morgan fingerprint density at radius 1 is 1.17 bits per heavy atom. The number of carbonyl (C=O) groups is 1. The Labute approximate surface area is 145 Å². The monoisotopic (exact) mass is 347 g/mol. The van der Waals surface area contributed by atoms with Crippen LogP contribution in [0.25, 0.3) is 0 Å². The van der Waals surface area contributed by atoms with Crippen molar-refractivity contribution < 1.29 is 19.0 Å². The Kier molecular flexibility index (Phi) is 5.11. The second kappa shape index (κ2) is 7.45. The average Bonchev–Trinajstić information content (AvgIpc) is 2.60. The van der Waals surface area contributed by atoms with Crippen LogP contribution in [0.1, 0.15) is 5.56 Å². The quantitative estimate of drug-likeness (QED) is 0.833. The van der Waals surface area contributed by atoms with Gasteiger partial charge in [-0.2, -0.15) is 0 Å². The number of nitrogens with zero attached hydrogens (tertiary/aromatic N) is 1. The standard InChI is InChI=1S/C18H18ClNO4/c1-20(18(21)12-24-15-5-3-2-4-14(15)19)11-13-6-7-16-17(10-13)23-9-8-22-16/h2-7,10H,8-9,11-12H2,1H3. The SMILES string of the molecule is CN(Cc1ccc2c(c1)OCCO2)C(=O)COc1ccccc1Cl. The van der Waals surface area contributed by atoms with Crippen molar-refractivity contribution in [2.24, 2.45) is 0 Å². The summed E-state index contributed by atoms with van der Waals surface area (Å²) < 4.78 is 16.5. The van der Waals surface area contributed by atoms with Crippen molar-refractivity contribution in [2.45, 2.75) is 6.54 Å². The van der Waals surface area contributed by atoms with Crippen molar-refractivity contribution in [2.75, 3.05) is 26.9 Å². The van der Waals surface area contributed by atoms with E-state index in [1.54, 1.807) is 24.1 Å². The molecule has 0 N–H and O–H groups in total. The molecule has 0 aliphatic carbocycles. The number of hydrogen-bond acceptors (Lipinski definition) is 4. The topological polar surface area (TPSA) is 48.0 Å². The summed E-state index contributed by atoms with van der Waals surface area (Å²) >= 11 is 6.01. The Morgan fingerprint density at radius 3 is 2.71 bits per heavy atom. The lowest BCUT2D eigenvalue weighted by Crippen LogP contribution is -2.31. The fourth-order valence-electron chi connectivity index (χ4n) is 2.36. The van der Waals surface area contributed by atoms with Crippen LogP contribution in [0.2, 0.25) is 5.02 Å². The number of ether oxygens (including phenoxy) is 3. The molecular weight excluding hydrogens is 330 g/mol. The van der Waals surface area contributed by atoms with Gasteiger partial charge in [0.05, 0.1) is 5.02 Å². The summed E-state index contributed by atoms with van der Waals surface area (Å²) in [5.74, 6) is 1.82. The van der Waals surface area contributed by atoms with Crippen LogP contribution >= 0.6 is 11.6 Å². The van der Waals surface area contributed by atoms with Crippen molar-refractivity contribution in [3.8, 4) is 17.2 Å². The van der Waals surface area contributed by atoms with Crippen LogP contribution in [0, 0.1) is 0 Å². The smallest absolute Gasteiger partial charge is 0.260 e. The summed E-state index contributed by atoms with van der Waals surface area (Å²) in [7, 11) is 1.73. The van der Waals surface area contributed by atoms with Crippen molar-refractivity contribution in [3.05, 3.63) is 53.1 Å². The van der Waals surface area contributed by atoms with E-state index in [1.807, 2.05) is 30.3 Å². The summed E-state index contributed by atoms with van der Waals surface area (Å²) in [6.07, 6.45) is 0. The lowest BCUT2D eigenvalue weighted by molar-refractivity contribution is -0.132. The number of rotatable bonds is 5. The predicted molar refractivity (Wildman–Crippen MR) is 90.9 cm³/mol. The zero-order valence-electron chi connectivity index (χ0n) is 13.3. The molecule has 24 heavy (non-hydrogen) atoms. The van der Waals surface area contributed by atoms with Gasteiger partial charge in [-0.25, -0.2) is 0 Å². The minimum atomic E-state index is -0.134. The van der Waals surface area contributed by atoms with E-state index in [-0.39, 0.29) is 12.5 Å². The zero-order valence-corrected chi connectivity index (χ0v) is 14.1. The van der Waals surface area contributed by atoms with Gasteiger partial charge in [-0.05, 0) is 29.8 Å². The number of likely N-dealkylation sites (N-methyl/N-ethyl adjacent to an activating group) is 1. The first-order chi connectivity index (χ1) is 11.6. The maximum absolute atomic E-state index is 12.2. The first-order valence-electron chi connectivity index (χ1n) is 7.63. The molecule has 5 nitrogen and oxygen atoms in total. The molecule has 126 valence electrons. The number of hydrogen-bond donors (Lipinski definition) is 0. The third-order valence-corrected chi connectivity index (χ3v) is 3.95. The normalized spacial score (nSPS) is 12.6. The Bertz CT molecular complexity index is 735. The van der Waals surface area contributed by atoms with Gasteiger partial charge in [0.1, 0.15) is 19.0 Å². The molecule has 0 saturated heterocycles. The highest BCUT2D eigenvalue weighted by Crippen LogP contribution is 2.31. The molecule has 2 aromatic rings. The van der Waals surface area contributed by atoms with E-state index >= 15 is 0 Å². The van der Waals surface area contributed by atoms with Crippen molar-refractivity contribution >= 4 is 17.5 Å². The first kappa shape index (κ1) is 16.5. The molecule has 0 aromatic heterocycles. The molecule has 0 atom stereocenters. The van der Waals surface area contributed by atoms with Crippen LogP contribution in [0.3, 0.4) is 0 Å². The van der Waals surface area contributed by atoms with Gasteiger partial charge >= 0.3 is 0 Å². The molecule has 0 saturated carbocycles. The van der Waals surface area contributed by atoms with E-state index in [2.05, 4.69) is 0 Å². The largest absolute Gasteiger partial charge is 0.486 e. The number of fused-ring (bicyclic) bond motifs is 1. The van der Waals surface area contributed by atoms with E-state index in [1.165, 1.54) is 0 Å². The van der Waals surface area contributed by atoms with Crippen LogP contribution in [-0.2, 0) is 11.3 Å². The maximum Gasteiger partial charge on any atom is 0.260 e. The fraction of sp³-hybridized carbons (Fsp3) is 0.278. The highest BCUT2D eigenvalue weighted by molar-refractivity contribution is 6.32. The van der Waals surface area contributed by atoms with Crippen LogP contribution in [0.5, 0.6) is 17.2 Å². The maximum atomic E-state index is 12.2. The average molecular weight is 348 g/mol. The molecule has 3 rings (SSSR count). The Morgan fingerprint density at radius 2 is 1.92 bits per heavy atom. The molecule has 1 heterocycles. The fourth-order valence-corrected chi connectivity index (χ4v) is 2.55. The molecule has 2 aromatic carbocycles. The molecule has 0 fully saturated rings. The third-order valence-electron chi connectivity index (χ3n) is 3.64. The van der Waals surface area contributed by atoms with E-state index in [0.717, 1.165) is 11.3 Å². The lowest BCUT2D eigenvalue weighted by atomic mass is 10.2. The summed E-state index contributed by atoms with van der Waals surface area (Å²) in [6.45, 7) is 1.49. The van der Waals surface area contributed by atoms with Gasteiger partial charge < -0.3 is 19.1 Å². The zero-order chi connectivity index (χ0) is 16.9. The summed E-state index contributed by atoms with van der Waals surface area (Å²) in [5.41, 5.74) is 0.966.